The Morgan fingerprint density at radius 3 is 2.54 bits per heavy atom. The molecule has 0 bridgehead atoms. The lowest BCUT2D eigenvalue weighted by atomic mass is 9.97. The van der Waals surface area contributed by atoms with Crippen LogP contribution < -0.4 is 10.2 Å². The first-order valence-electron chi connectivity index (χ1n) is 10.4. The molecule has 1 amide bonds. The Morgan fingerprint density at radius 2 is 1.79 bits per heavy atom. The second-order valence-electron chi connectivity index (χ2n) is 7.61. The van der Waals surface area contributed by atoms with E-state index in [0.717, 1.165) is 36.6 Å². The van der Waals surface area contributed by atoms with E-state index in [1.54, 1.807) is 12.4 Å². The fraction of sp³-hybridized carbons (Fsp3) is 0.435. The van der Waals surface area contributed by atoms with Crippen LogP contribution in [0.1, 0.15) is 55.3 Å². The van der Waals surface area contributed by atoms with Crippen molar-refractivity contribution in [3.63, 3.8) is 0 Å². The molecular formula is C23H28N4O. The van der Waals surface area contributed by atoms with Crippen LogP contribution in [-0.4, -0.2) is 35.5 Å². The number of hydrogen-bond acceptors (Lipinski definition) is 4. The summed E-state index contributed by atoms with van der Waals surface area (Å²) in [6.07, 6.45) is 14.1. The third kappa shape index (κ3) is 4.41. The molecule has 0 saturated carbocycles. The molecule has 2 aliphatic rings. The number of rotatable bonds is 6. The SMILES string of the molecule is O=C(NCCC1=CCCCC1)c1ccc(-c2nccnc2N2CCCC2)cc1. The molecule has 28 heavy (non-hydrogen) atoms. The normalized spacial score (nSPS) is 16.7. The van der Waals surface area contributed by atoms with Gasteiger partial charge >= 0.3 is 0 Å². The van der Waals surface area contributed by atoms with E-state index < -0.39 is 0 Å². The van der Waals surface area contributed by atoms with E-state index in [2.05, 4.69) is 26.3 Å². The third-order valence-corrected chi connectivity index (χ3v) is 5.62. The van der Waals surface area contributed by atoms with Crippen LogP contribution in [0.4, 0.5) is 5.82 Å². The van der Waals surface area contributed by atoms with Gasteiger partial charge in [0.05, 0.1) is 0 Å². The van der Waals surface area contributed by atoms with Gasteiger partial charge in [-0.25, -0.2) is 4.98 Å². The number of hydrogen-bond donors (Lipinski definition) is 1. The maximum absolute atomic E-state index is 12.4. The van der Waals surface area contributed by atoms with Gasteiger partial charge in [0.15, 0.2) is 5.82 Å². The predicted molar refractivity (Wildman–Crippen MR) is 112 cm³/mol. The molecule has 5 heteroatoms. The summed E-state index contributed by atoms with van der Waals surface area (Å²) in [5.74, 6) is 0.930. The minimum absolute atomic E-state index is 0.0122. The predicted octanol–water partition coefficient (Wildman–Crippen LogP) is 4.36. The highest BCUT2D eigenvalue weighted by Crippen LogP contribution is 2.29. The lowest BCUT2D eigenvalue weighted by Crippen LogP contribution is -2.24. The van der Waals surface area contributed by atoms with E-state index in [1.807, 2.05) is 24.3 Å². The average Bonchev–Trinajstić information content (AvgIpc) is 3.29. The fourth-order valence-electron chi connectivity index (χ4n) is 4.04. The summed E-state index contributed by atoms with van der Waals surface area (Å²) in [5.41, 5.74) is 4.06. The number of nitrogens with zero attached hydrogens (tertiary/aromatic N) is 3. The summed E-state index contributed by atoms with van der Waals surface area (Å²) in [6, 6.07) is 7.71. The number of carbonyl (C=O) groups is 1. The second-order valence-corrected chi connectivity index (χ2v) is 7.61. The Hall–Kier alpha value is -2.69. The number of anilines is 1. The number of benzene rings is 1. The molecule has 1 aromatic heterocycles. The van der Waals surface area contributed by atoms with Crippen molar-refractivity contribution in [3.8, 4) is 11.3 Å². The van der Waals surface area contributed by atoms with Crippen molar-refractivity contribution >= 4 is 11.7 Å². The molecule has 2 aromatic rings. The Kier molecular flexibility index (Phi) is 6.00. The van der Waals surface area contributed by atoms with Crippen molar-refractivity contribution in [2.45, 2.75) is 44.9 Å². The second kappa shape index (κ2) is 9.00. The van der Waals surface area contributed by atoms with Crippen molar-refractivity contribution in [1.82, 2.24) is 15.3 Å². The van der Waals surface area contributed by atoms with Gasteiger partial charge in [-0.15, -0.1) is 0 Å². The maximum Gasteiger partial charge on any atom is 0.251 e. The van der Waals surface area contributed by atoms with Crippen LogP contribution in [0.2, 0.25) is 0 Å². The summed E-state index contributed by atoms with van der Waals surface area (Å²) < 4.78 is 0. The molecule has 146 valence electrons. The van der Waals surface area contributed by atoms with Crippen LogP contribution in [0.25, 0.3) is 11.3 Å². The first-order chi connectivity index (χ1) is 13.8. The van der Waals surface area contributed by atoms with Crippen molar-refractivity contribution in [2.24, 2.45) is 0 Å². The maximum atomic E-state index is 12.4. The van der Waals surface area contributed by atoms with Crippen molar-refractivity contribution in [3.05, 3.63) is 53.9 Å². The van der Waals surface area contributed by atoms with E-state index in [9.17, 15) is 4.79 Å². The molecule has 0 unspecified atom stereocenters. The zero-order valence-electron chi connectivity index (χ0n) is 16.4. The third-order valence-electron chi connectivity index (χ3n) is 5.62. The van der Waals surface area contributed by atoms with E-state index in [4.69, 9.17) is 0 Å². The average molecular weight is 377 g/mol. The largest absolute Gasteiger partial charge is 0.355 e. The molecule has 1 saturated heterocycles. The highest BCUT2D eigenvalue weighted by Gasteiger charge is 2.19. The van der Waals surface area contributed by atoms with Crippen LogP contribution in [-0.2, 0) is 0 Å². The van der Waals surface area contributed by atoms with Gasteiger partial charge in [0.2, 0.25) is 0 Å². The Balaban J connectivity index is 1.40. The standard InChI is InChI=1S/C23H28N4O/c28-23(26-13-12-18-6-2-1-3-7-18)20-10-8-19(9-11-20)21-22(25-15-14-24-21)27-16-4-5-17-27/h6,8-11,14-15H,1-5,7,12-13,16-17H2,(H,26,28). The molecule has 0 spiro atoms. The number of allylic oxidation sites excluding steroid dienone is 1. The van der Waals surface area contributed by atoms with Crippen LogP contribution in [0.15, 0.2) is 48.3 Å². The molecule has 1 aliphatic heterocycles. The van der Waals surface area contributed by atoms with Gasteiger partial charge in [-0.3, -0.25) is 9.78 Å². The van der Waals surface area contributed by atoms with Gasteiger partial charge in [0.1, 0.15) is 5.69 Å². The van der Waals surface area contributed by atoms with Gasteiger partial charge in [-0.1, -0.05) is 23.8 Å². The number of amides is 1. The Bertz CT molecular complexity index is 838. The first kappa shape index (κ1) is 18.7. The zero-order chi connectivity index (χ0) is 19.2. The first-order valence-corrected chi connectivity index (χ1v) is 10.4. The van der Waals surface area contributed by atoms with E-state index in [-0.39, 0.29) is 5.91 Å². The number of carbonyl (C=O) groups excluding carboxylic acids is 1. The van der Waals surface area contributed by atoms with Crippen LogP contribution in [0, 0.1) is 0 Å². The molecule has 0 radical (unpaired) electrons. The van der Waals surface area contributed by atoms with Gasteiger partial charge in [-0.05, 0) is 57.1 Å². The van der Waals surface area contributed by atoms with Crippen molar-refractivity contribution in [1.29, 1.82) is 0 Å². The van der Waals surface area contributed by atoms with Gasteiger partial charge in [0.25, 0.3) is 5.91 Å². The van der Waals surface area contributed by atoms with Crippen LogP contribution >= 0.6 is 0 Å². The summed E-state index contributed by atoms with van der Waals surface area (Å²) >= 11 is 0. The molecule has 1 aromatic carbocycles. The minimum atomic E-state index is -0.0122. The Labute approximate surface area is 166 Å². The highest BCUT2D eigenvalue weighted by atomic mass is 16.1. The molecule has 1 aliphatic carbocycles. The smallest absolute Gasteiger partial charge is 0.251 e. The van der Waals surface area contributed by atoms with E-state index >= 15 is 0 Å². The summed E-state index contributed by atoms with van der Waals surface area (Å²) in [7, 11) is 0. The van der Waals surface area contributed by atoms with E-state index in [1.165, 1.54) is 44.1 Å². The molecular weight excluding hydrogens is 348 g/mol. The summed E-state index contributed by atoms with van der Waals surface area (Å²) in [4.78, 5) is 23.9. The molecule has 2 heterocycles. The molecule has 4 rings (SSSR count). The van der Waals surface area contributed by atoms with Crippen LogP contribution in [0.5, 0.6) is 0 Å². The lowest BCUT2D eigenvalue weighted by molar-refractivity contribution is 0.0954. The monoisotopic (exact) mass is 376 g/mol. The molecule has 0 atom stereocenters. The lowest BCUT2D eigenvalue weighted by Gasteiger charge is -2.19. The zero-order valence-corrected chi connectivity index (χ0v) is 16.4. The minimum Gasteiger partial charge on any atom is -0.355 e. The van der Waals surface area contributed by atoms with Crippen molar-refractivity contribution < 1.29 is 4.79 Å². The molecule has 5 nitrogen and oxygen atoms in total. The highest BCUT2D eigenvalue weighted by molar-refractivity contribution is 5.94. The molecule has 1 N–H and O–H groups in total. The van der Waals surface area contributed by atoms with E-state index in [0.29, 0.717) is 12.1 Å². The summed E-state index contributed by atoms with van der Waals surface area (Å²) in [5, 5.41) is 3.05. The summed E-state index contributed by atoms with van der Waals surface area (Å²) in [6.45, 7) is 2.76. The topological polar surface area (TPSA) is 58.1 Å². The van der Waals surface area contributed by atoms with Crippen molar-refractivity contribution in [2.75, 3.05) is 24.5 Å². The quantitative estimate of drug-likeness (QED) is 0.761. The van der Waals surface area contributed by atoms with Crippen LogP contribution in [0.3, 0.4) is 0 Å². The fourth-order valence-corrected chi connectivity index (χ4v) is 4.04. The van der Waals surface area contributed by atoms with Gasteiger partial charge in [-0.2, -0.15) is 0 Å². The number of aromatic nitrogens is 2. The number of nitrogens with one attached hydrogen (secondary N) is 1. The molecule has 1 fully saturated rings. The van der Waals surface area contributed by atoms with Gasteiger partial charge < -0.3 is 10.2 Å². The van der Waals surface area contributed by atoms with Gasteiger partial charge in [0, 0.05) is 43.2 Å². The Morgan fingerprint density at radius 1 is 1.00 bits per heavy atom.